The lowest BCUT2D eigenvalue weighted by atomic mass is 9.99. The molecule has 1 aliphatic carbocycles. The van der Waals surface area contributed by atoms with Crippen molar-refractivity contribution in [2.45, 2.75) is 12.8 Å². The Hall–Kier alpha value is -4.19. The first kappa shape index (κ1) is 18.6. The summed E-state index contributed by atoms with van der Waals surface area (Å²) < 4.78 is 10.9. The van der Waals surface area contributed by atoms with E-state index in [1.54, 1.807) is 24.5 Å². The Morgan fingerprint density at radius 1 is 0.969 bits per heavy atom. The summed E-state index contributed by atoms with van der Waals surface area (Å²) in [6.45, 7) is 0.252. The van der Waals surface area contributed by atoms with Gasteiger partial charge in [0.25, 0.3) is 5.91 Å². The van der Waals surface area contributed by atoms with Gasteiger partial charge >= 0.3 is 0 Å². The van der Waals surface area contributed by atoms with Crippen molar-refractivity contribution in [1.82, 2.24) is 9.97 Å². The number of pyridine rings is 2. The molecule has 2 aromatic carbocycles. The fourth-order valence-electron chi connectivity index (χ4n) is 4.37. The molecule has 0 radical (unpaired) electrons. The first-order valence-electron chi connectivity index (χ1n) is 10.5. The van der Waals surface area contributed by atoms with Crippen LogP contribution >= 0.6 is 0 Å². The number of fused-ring (bicyclic) bond motifs is 3. The Labute approximate surface area is 184 Å². The Morgan fingerprint density at radius 2 is 1.81 bits per heavy atom. The molecule has 3 heterocycles. The molecule has 32 heavy (non-hydrogen) atoms. The van der Waals surface area contributed by atoms with Crippen molar-refractivity contribution >= 4 is 34.1 Å². The number of amides is 1. The maximum absolute atomic E-state index is 13.4. The molecule has 0 bridgehead atoms. The normalized spacial score (nSPS) is 15.2. The highest BCUT2D eigenvalue weighted by Gasteiger charge is 2.27. The number of ether oxygens (including phenoxy) is 2. The number of nitrogens with zero attached hydrogens (tertiary/aromatic N) is 2. The quantitative estimate of drug-likeness (QED) is 0.498. The number of allylic oxidation sites excluding steroid dienone is 1. The smallest absolute Gasteiger partial charge is 0.256 e. The third kappa shape index (κ3) is 3.17. The maximum atomic E-state index is 13.4. The van der Waals surface area contributed by atoms with Crippen LogP contribution in [0.4, 0.5) is 5.69 Å². The third-order valence-corrected chi connectivity index (χ3v) is 5.84. The van der Waals surface area contributed by atoms with Crippen LogP contribution in [0.1, 0.15) is 33.6 Å². The van der Waals surface area contributed by atoms with Crippen LogP contribution < -0.4 is 14.8 Å². The molecular formula is C26H19N3O3. The molecule has 0 saturated heterocycles. The Balaban J connectivity index is 1.45. The summed E-state index contributed by atoms with van der Waals surface area (Å²) in [4.78, 5) is 22.3. The van der Waals surface area contributed by atoms with Crippen LogP contribution in [0.5, 0.6) is 11.5 Å². The molecule has 0 spiro atoms. The minimum Gasteiger partial charge on any atom is -0.454 e. The van der Waals surface area contributed by atoms with Gasteiger partial charge in [0, 0.05) is 23.5 Å². The fourth-order valence-corrected chi connectivity index (χ4v) is 4.37. The van der Waals surface area contributed by atoms with Crippen molar-refractivity contribution in [3.63, 3.8) is 0 Å². The minimum absolute atomic E-state index is 0.129. The van der Waals surface area contributed by atoms with Crippen molar-refractivity contribution in [3.8, 4) is 11.5 Å². The first-order valence-corrected chi connectivity index (χ1v) is 10.5. The summed E-state index contributed by atoms with van der Waals surface area (Å²) >= 11 is 0. The van der Waals surface area contributed by atoms with Gasteiger partial charge in [-0.2, -0.15) is 0 Å². The molecule has 1 amide bonds. The zero-order valence-electron chi connectivity index (χ0n) is 17.2. The largest absolute Gasteiger partial charge is 0.454 e. The number of rotatable bonds is 3. The van der Waals surface area contributed by atoms with Gasteiger partial charge < -0.3 is 14.8 Å². The van der Waals surface area contributed by atoms with E-state index < -0.39 is 0 Å². The van der Waals surface area contributed by atoms with E-state index in [-0.39, 0.29) is 12.7 Å². The molecule has 0 saturated carbocycles. The lowest BCUT2D eigenvalue weighted by Crippen LogP contribution is -2.15. The van der Waals surface area contributed by atoms with Gasteiger partial charge in [-0.05, 0) is 65.9 Å². The van der Waals surface area contributed by atoms with Gasteiger partial charge in [0.05, 0.1) is 16.8 Å². The average Bonchev–Trinajstić information content (AvgIpc) is 3.45. The van der Waals surface area contributed by atoms with Gasteiger partial charge in [-0.25, -0.2) is 4.98 Å². The molecule has 0 fully saturated rings. The van der Waals surface area contributed by atoms with Gasteiger partial charge in [-0.1, -0.05) is 24.3 Å². The topological polar surface area (TPSA) is 73.3 Å². The van der Waals surface area contributed by atoms with Crippen LogP contribution in [-0.2, 0) is 6.42 Å². The SMILES string of the molecule is O=C(Nc1ccncc1)c1c2c(nc3ccccc13)/C(=C/c1ccc3c(c1)OCO3)CC2. The molecule has 0 unspecified atom stereocenters. The Morgan fingerprint density at radius 3 is 2.72 bits per heavy atom. The highest BCUT2D eigenvalue weighted by atomic mass is 16.7. The minimum atomic E-state index is -0.129. The summed E-state index contributed by atoms with van der Waals surface area (Å²) in [5.41, 5.74) is 6.23. The second-order valence-corrected chi connectivity index (χ2v) is 7.80. The molecule has 6 rings (SSSR count). The first-order chi connectivity index (χ1) is 15.8. The summed E-state index contributed by atoms with van der Waals surface area (Å²) in [6.07, 6.45) is 7.04. The van der Waals surface area contributed by atoms with E-state index in [1.807, 2.05) is 42.5 Å². The van der Waals surface area contributed by atoms with Gasteiger partial charge in [0.1, 0.15) is 0 Å². The molecule has 4 aromatic rings. The van der Waals surface area contributed by atoms with Crippen molar-refractivity contribution in [1.29, 1.82) is 0 Å². The monoisotopic (exact) mass is 421 g/mol. The Bertz CT molecular complexity index is 1400. The summed E-state index contributed by atoms with van der Waals surface area (Å²) in [7, 11) is 0. The van der Waals surface area contributed by atoms with E-state index in [4.69, 9.17) is 14.5 Å². The molecule has 2 aromatic heterocycles. The predicted octanol–water partition coefficient (Wildman–Crippen LogP) is 5.10. The second kappa shape index (κ2) is 7.50. The summed E-state index contributed by atoms with van der Waals surface area (Å²) in [5.74, 6) is 1.38. The standard InChI is InChI=1S/C26H19N3O3/c30-26(28-18-9-11-27-12-10-18)24-19-3-1-2-4-21(19)29-25-17(6-7-20(24)25)13-16-5-8-22-23(14-16)32-15-31-22/h1-5,8-14H,6-7,15H2,(H,27,28,30)/b17-13+. The van der Waals surface area contributed by atoms with Crippen LogP contribution in [0.25, 0.3) is 22.6 Å². The molecular weight excluding hydrogens is 402 g/mol. The van der Waals surface area contributed by atoms with Crippen molar-refractivity contribution in [3.05, 3.63) is 89.4 Å². The van der Waals surface area contributed by atoms with Crippen LogP contribution in [0, 0.1) is 0 Å². The van der Waals surface area contributed by atoms with Crippen LogP contribution in [0.3, 0.4) is 0 Å². The molecule has 0 atom stereocenters. The van der Waals surface area contributed by atoms with Crippen LogP contribution in [0.15, 0.2) is 67.0 Å². The molecule has 2 aliphatic rings. The summed E-state index contributed by atoms with van der Waals surface area (Å²) in [5, 5.41) is 3.88. The number of nitrogens with one attached hydrogen (secondary N) is 1. The molecule has 6 nitrogen and oxygen atoms in total. The zero-order chi connectivity index (χ0) is 21.5. The van der Waals surface area contributed by atoms with Crippen molar-refractivity contribution < 1.29 is 14.3 Å². The Kier molecular flexibility index (Phi) is 4.35. The predicted molar refractivity (Wildman–Crippen MR) is 123 cm³/mol. The maximum Gasteiger partial charge on any atom is 0.256 e. The second-order valence-electron chi connectivity index (χ2n) is 7.80. The fraction of sp³-hybridized carbons (Fsp3) is 0.115. The van der Waals surface area contributed by atoms with Crippen molar-refractivity contribution in [2.24, 2.45) is 0 Å². The number of carbonyl (C=O) groups excluding carboxylic acids is 1. The molecule has 1 N–H and O–H groups in total. The number of benzene rings is 2. The van der Waals surface area contributed by atoms with Crippen LogP contribution in [-0.4, -0.2) is 22.7 Å². The lowest BCUT2D eigenvalue weighted by molar-refractivity contribution is 0.102. The molecule has 1 aliphatic heterocycles. The number of hydrogen-bond donors (Lipinski definition) is 1. The van der Waals surface area contributed by atoms with Gasteiger partial charge in [0.15, 0.2) is 11.5 Å². The number of hydrogen-bond acceptors (Lipinski definition) is 5. The lowest BCUT2D eigenvalue weighted by Gasteiger charge is -2.13. The van der Waals surface area contributed by atoms with E-state index in [2.05, 4.69) is 16.4 Å². The van der Waals surface area contributed by atoms with Crippen molar-refractivity contribution in [2.75, 3.05) is 12.1 Å². The number of anilines is 1. The summed E-state index contributed by atoms with van der Waals surface area (Å²) in [6, 6.07) is 17.3. The van der Waals surface area contributed by atoms with E-state index >= 15 is 0 Å². The number of para-hydroxylation sites is 1. The molecule has 6 heteroatoms. The van der Waals surface area contributed by atoms with Gasteiger partial charge in [-0.3, -0.25) is 9.78 Å². The number of carbonyl (C=O) groups is 1. The highest BCUT2D eigenvalue weighted by molar-refractivity contribution is 6.14. The van der Waals surface area contributed by atoms with E-state index in [0.29, 0.717) is 11.3 Å². The number of aromatic nitrogens is 2. The van der Waals surface area contributed by atoms with Gasteiger partial charge in [0.2, 0.25) is 6.79 Å². The van der Waals surface area contributed by atoms with E-state index in [1.165, 1.54) is 0 Å². The highest BCUT2D eigenvalue weighted by Crippen LogP contribution is 2.39. The van der Waals surface area contributed by atoms with E-state index in [0.717, 1.165) is 57.6 Å². The molecule has 156 valence electrons. The van der Waals surface area contributed by atoms with E-state index in [9.17, 15) is 4.79 Å². The third-order valence-electron chi connectivity index (χ3n) is 5.84. The van der Waals surface area contributed by atoms with Crippen LogP contribution in [0.2, 0.25) is 0 Å². The van der Waals surface area contributed by atoms with Gasteiger partial charge in [-0.15, -0.1) is 0 Å². The zero-order valence-corrected chi connectivity index (χ0v) is 17.2. The average molecular weight is 421 g/mol.